The molecule has 0 aliphatic carbocycles. The maximum Gasteiger partial charge on any atom is 0.0514 e. The second-order valence-electron chi connectivity index (χ2n) is 5.70. The number of nitrogens with one attached hydrogen (secondary N) is 1. The van der Waals surface area contributed by atoms with Gasteiger partial charge in [0.2, 0.25) is 0 Å². The van der Waals surface area contributed by atoms with E-state index in [-0.39, 0.29) is 0 Å². The van der Waals surface area contributed by atoms with Gasteiger partial charge in [-0.15, -0.1) is 0 Å². The third-order valence-corrected chi connectivity index (χ3v) is 6.45. The Bertz CT molecular complexity index is 761. The van der Waals surface area contributed by atoms with E-state index in [4.69, 9.17) is 0 Å². The molecule has 25 heavy (non-hydrogen) atoms. The van der Waals surface area contributed by atoms with Crippen LogP contribution in [0.3, 0.4) is 0 Å². The fourth-order valence-corrected chi connectivity index (χ4v) is 5.14. The van der Waals surface area contributed by atoms with Gasteiger partial charge in [0.25, 0.3) is 0 Å². The van der Waals surface area contributed by atoms with Gasteiger partial charge in [-0.1, -0.05) is 84.9 Å². The van der Waals surface area contributed by atoms with Crippen molar-refractivity contribution in [1.82, 2.24) is 5.32 Å². The third-order valence-electron chi connectivity index (χ3n) is 3.93. The van der Waals surface area contributed by atoms with Gasteiger partial charge in [0.05, 0.1) is 6.54 Å². The summed E-state index contributed by atoms with van der Waals surface area (Å²) in [6.45, 7) is 1.68. The first-order chi connectivity index (χ1) is 12.4. The first-order valence-electron chi connectivity index (χ1n) is 8.54. The Labute approximate surface area is 151 Å². The molecule has 0 fully saturated rings. The molecule has 0 bridgehead atoms. The topological polar surface area (TPSA) is 24.4 Å². The molecule has 0 saturated heterocycles. The van der Waals surface area contributed by atoms with Crippen molar-refractivity contribution in [3.8, 4) is 0 Å². The van der Waals surface area contributed by atoms with Gasteiger partial charge in [-0.25, -0.2) is 0 Å². The predicted molar refractivity (Wildman–Crippen MR) is 112 cm³/mol. The summed E-state index contributed by atoms with van der Waals surface area (Å²) in [5, 5.41) is 7.21. The molecule has 2 nitrogen and oxygen atoms in total. The van der Waals surface area contributed by atoms with E-state index in [9.17, 15) is 0 Å². The molecule has 0 saturated carbocycles. The number of nitrogens with zero attached hydrogens (tertiary/aromatic N) is 1. The van der Waals surface area contributed by atoms with E-state index in [2.05, 4.69) is 95.2 Å². The second-order valence-corrected chi connectivity index (χ2v) is 7.89. The molecule has 0 heterocycles. The van der Waals surface area contributed by atoms with Crippen LogP contribution in [0.2, 0.25) is 0 Å². The molecule has 3 aromatic rings. The number of benzene rings is 3. The van der Waals surface area contributed by atoms with E-state index >= 15 is 0 Å². The molecule has 0 aliphatic rings. The SMILES string of the molecule is CNCCN=Cc1ccccc1P(c1ccccc1)c1ccccc1. The average molecular weight is 346 g/mol. The molecule has 0 aromatic heterocycles. The molecule has 0 amide bonds. The van der Waals surface area contributed by atoms with Crippen LogP contribution in [-0.4, -0.2) is 26.4 Å². The zero-order valence-electron chi connectivity index (χ0n) is 14.5. The second kappa shape index (κ2) is 9.27. The molecule has 0 spiro atoms. The van der Waals surface area contributed by atoms with Crippen LogP contribution in [0.4, 0.5) is 0 Å². The van der Waals surface area contributed by atoms with Crippen LogP contribution in [0.5, 0.6) is 0 Å². The van der Waals surface area contributed by atoms with Gasteiger partial charge >= 0.3 is 0 Å². The predicted octanol–water partition coefficient (Wildman–Crippen LogP) is 3.08. The Hall–Kier alpha value is -2.28. The standard InChI is InChI=1S/C22H23N2P/c1-23-16-17-24-18-19-10-8-9-15-22(19)25(20-11-4-2-5-12-20)21-13-6-3-7-14-21/h2-15,18,23H,16-17H2,1H3. The highest BCUT2D eigenvalue weighted by Crippen LogP contribution is 2.33. The summed E-state index contributed by atoms with van der Waals surface area (Å²) >= 11 is 0. The fraction of sp³-hybridized carbons (Fsp3) is 0.136. The van der Waals surface area contributed by atoms with Crippen LogP contribution in [-0.2, 0) is 0 Å². The highest BCUT2D eigenvalue weighted by molar-refractivity contribution is 7.80. The highest BCUT2D eigenvalue weighted by atomic mass is 31.1. The average Bonchev–Trinajstić information content (AvgIpc) is 2.68. The maximum absolute atomic E-state index is 4.58. The zero-order valence-corrected chi connectivity index (χ0v) is 15.4. The van der Waals surface area contributed by atoms with Crippen LogP contribution in [0, 0.1) is 0 Å². The third kappa shape index (κ3) is 4.63. The van der Waals surface area contributed by atoms with Gasteiger partial charge in [0.1, 0.15) is 0 Å². The Kier molecular flexibility index (Phi) is 6.50. The molecule has 0 unspecified atom stereocenters. The van der Waals surface area contributed by atoms with Crippen LogP contribution < -0.4 is 21.2 Å². The molecule has 3 heteroatoms. The smallest absolute Gasteiger partial charge is 0.0514 e. The Morgan fingerprint density at radius 3 is 1.96 bits per heavy atom. The summed E-state index contributed by atoms with van der Waals surface area (Å²) in [5.41, 5.74) is 1.21. The first-order valence-corrected chi connectivity index (χ1v) is 9.88. The van der Waals surface area contributed by atoms with Crippen LogP contribution >= 0.6 is 7.92 Å². The van der Waals surface area contributed by atoms with Crippen molar-refractivity contribution in [2.75, 3.05) is 20.1 Å². The lowest BCUT2D eigenvalue weighted by molar-refractivity contribution is 0.804. The minimum Gasteiger partial charge on any atom is -0.318 e. The fourth-order valence-electron chi connectivity index (χ4n) is 2.72. The molecule has 126 valence electrons. The lowest BCUT2D eigenvalue weighted by Gasteiger charge is -2.21. The van der Waals surface area contributed by atoms with E-state index < -0.39 is 7.92 Å². The van der Waals surface area contributed by atoms with Crippen molar-refractivity contribution in [1.29, 1.82) is 0 Å². The monoisotopic (exact) mass is 346 g/mol. The van der Waals surface area contributed by atoms with E-state index in [1.54, 1.807) is 0 Å². The largest absolute Gasteiger partial charge is 0.318 e. The lowest BCUT2D eigenvalue weighted by atomic mass is 10.2. The van der Waals surface area contributed by atoms with Crippen molar-refractivity contribution < 1.29 is 0 Å². The number of hydrogen-bond acceptors (Lipinski definition) is 2. The van der Waals surface area contributed by atoms with Gasteiger partial charge in [-0.05, 0) is 30.9 Å². The number of hydrogen-bond donors (Lipinski definition) is 1. The van der Waals surface area contributed by atoms with Gasteiger partial charge in [-0.2, -0.15) is 0 Å². The highest BCUT2D eigenvalue weighted by Gasteiger charge is 2.18. The molecule has 3 rings (SSSR count). The summed E-state index contributed by atoms with van der Waals surface area (Å²) in [7, 11) is 1.35. The van der Waals surface area contributed by atoms with Gasteiger partial charge in [-0.3, -0.25) is 4.99 Å². The Morgan fingerprint density at radius 2 is 1.36 bits per heavy atom. The van der Waals surface area contributed by atoms with Gasteiger partial charge < -0.3 is 5.32 Å². The number of rotatable bonds is 7. The van der Waals surface area contributed by atoms with Crippen LogP contribution in [0.15, 0.2) is 89.9 Å². The summed E-state index contributed by atoms with van der Waals surface area (Å²) in [6.07, 6.45) is 2.02. The minimum atomic E-state index is -0.598. The Morgan fingerprint density at radius 1 is 0.800 bits per heavy atom. The summed E-state index contributed by atoms with van der Waals surface area (Å²) in [5.74, 6) is 0. The molecular weight excluding hydrogens is 323 g/mol. The summed E-state index contributed by atoms with van der Waals surface area (Å²) in [6, 6.07) is 30.2. The Balaban J connectivity index is 2.04. The van der Waals surface area contributed by atoms with Crippen LogP contribution in [0.1, 0.15) is 5.56 Å². The van der Waals surface area contributed by atoms with E-state index in [0.29, 0.717) is 0 Å². The summed E-state index contributed by atoms with van der Waals surface area (Å²) < 4.78 is 0. The first kappa shape index (κ1) is 17.5. The van der Waals surface area contributed by atoms with Crippen LogP contribution in [0.25, 0.3) is 0 Å². The lowest BCUT2D eigenvalue weighted by Crippen LogP contribution is -2.23. The van der Waals surface area contributed by atoms with Gasteiger partial charge in [0.15, 0.2) is 0 Å². The van der Waals surface area contributed by atoms with Crippen molar-refractivity contribution in [3.63, 3.8) is 0 Å². The molecule has 1 N–H and O–H groups in total. The quantitative estimate of drug-likeness (QED) is 0.397. The van der Waals surface area contributed by atoms with Gasteiger partial charge in [0, 0.05) is 18.3 Å². The van der Waals surface area contributed by atoms with Crippen molar-refractivity contribution >= 4 is 30.0 Å². The number of aliphatic imine (C=N–C) groups is 1. The van der Waals surface area contributed by atoms with Crippen molar-refractivity contribution in [2.24, 2.45) is 4.99 Å². The van der Waals surface area contributed by atoms with E-state index in [0.717, 1.165) is 13.1 Å². The molecule has 0 aliphatic heterocycles. The van der Waals surface area contributed by atoms with Crippen molar-refractivity contribution in [3.05, 3.63) is 90.5 Å². The van der Waals surface area contributed by atoms with Crippen molar-refractivity contribution in [2.45, 2.75) is 0 Å². The summed E-state index contributed by atoms with van der Waals surface area (Å²) in [4.78, 5) is 4.58. The molecule has 0 radical (unpaired) electrons. The zero-order chi connectivity index (χ0) is 17.3. The molecular formula is C22H23N2P. The van der Waals surface area contributed by atoms with E-state index in [1.165, 1.54) is 21.5 Å². The number of likely N-dealkylation sites (N-methyl/N-ethyl adjacent to an activating group) is 1. The normalized spacial score (nSPS) is 11.3. The maximum atomic E-state index is 4.58. The van der Waals surface area contributed by atoms with E-state index in [1.807, 2.05) is 13.3 Å². The molecule has 0 atom stereocenters. The molecule has 3 aromatic carbocycles. The minimum absolute atomic E-state index is 0.598.